The van der Waals surface area contributed by atoms with Gasteiger partial charge in [0.05, 0.1) is 47.9 Å². The van der Waals surface area contributed by atoms with Crippen LogP contribution in [0.2, 0.25) is 0 Å². The summed E-state index contributed by atoms with van der Waals surface area (Å²) in [5.41, 5.74) is 4.31. The van der Waals surface area contributed by atoms with Gasteiger partial charge in [-0.05, 0) is 39.3 Å². The van der Waals surface area contributed by atoms with Gasteiger partial charge in [0.25, 0.3) is 0 Å². The van der Waals surface area contributed by atoms with Gasteiger partial charge in [-0.1, -0.05) is 0 Å². The van der Waals surface area contributed by atoms with E-state index in [1.54, 1.807) is 25.1 Å². The van der Waals surface area contributed by atoms with E-state index in [4.69, 9.17) is 5.10 Å². The van der Waals surface area contributed by atoms with Gasteiger partial charge in [0.1, 0.15) is 17.3 Å². The molecule has 0 bridgehead atoms. The second-order valence-electron chi connectivity index (χ2n) is 9.94. The largest absolute Gasteiger partial charge is 0.362 e. The third-order valence-electron chi connectivity index (χ3n) is 7.24. The molecule has 2 aliphatic heterocycles. The highest BCUT2D eigenvalue weighted by Crippen LogP contribution is 2.40. The number of halogens is 1. The third kappa shape index (κ3) is 3.26. The molecule has 1 atom stereocenters. The lowest BCUT2D eigenvalue weighted by Gasteiger charge is -2.41. The zero-order chi connectivity index (χ0) is 24.4. The van der Waals surface area contributed by atoms with Gasteiger partial charge in [0.15, 0.2) is 5.82 Å². The minimum Gasteiger partial charge on any atom is -0.362 e. The number of aromatic nitrogens is 4. The topological polar surface area (TPSA) is 85.7 Å². The Morgan fingerprint density at radius 1 is 1.35 bits per heavy atom. The molecular weight excluding hydrogens is 435 g/mol. The zero-order valence-corrected chi connectivity index (χ0v) is 20.2. The SMILES string of the molecule is C[C@@H]1CN(c2ccc(C#N)n3ncc(F)c23)Cc2c3c(nn21)C(C)(C)N(CC(=O)N(C)C)CC3. The number of hydrogen-bond acceptors (Lipinski definition) is 6. The lowest BCUT2D eigenvalue weighted by atomic mass is 9.87. The Hall–Kier alpha value is -3.45. The highest BCUT2D eigenvalue weighted by Gasteiger charge is 2.42. The molecule has 0 aromatic carbocycles. The number of carbonyl (C=O) groups is 1. The summed E-state index contributed by atoms with van der Waals surface area (Å²) in [7, 11) is 3.56. The van der Waals surface area contributed by atoms with Crippen molar-refractivity contribution in [3.63, 3.8) is 0 Å². The summed E-state index contributed by atoms with van der Waals surface area (Å²) < 4.78 is 18.2. The Kier molecular flexibility index (Phi) is 5.13. The molecule has 0 N–H and O–H groups in total. The van der Waals surface area contributed by atoms with Crippen molar-refractivity contribution in [1.82, 2.24) is 29.2 Å². The fourth-order valence-corrected chi connectivity index (χ4v) is 5.26. The fraction of sp³-hybridized carbons (Fsp3) is 0.500. The van der Waals surface area contributed by atoms with Gasteiger partial charge in [-0.2, -0.15) is 15.5 Å². The van der Waals surface area contributed by atoms with E-state index < -0.39 is 5.82 Å². The second-order valence-corrected chi connectivity index (χ2v) is 9.94. The van der Waals surface area contributed by atoms with E-state index in [0.717, 1.165) is 36.2 Å². The van der Waals surface area contributed by atoms with Crippen molar-refractivity contribution in [2.45, 2.75) is 45.3 Å². The van der Waals surface area contributed by atoms with Crippen LogP contribution in [0.5, 0.6) is 0 Å². The Balaban J connectivity index is 1.53. The van der Waals surface area contributed by atoms with Crippen molar-refractivity contribution in [3.05, 3.63) is 46.8 Å². The van der Waals surface area contributed by atoms with E-state index in [9.17, 15) is 14.4 Å². The van der Waals surface area contributed by atoms with Crippen LogP contribution in [0, 0.1) is 17.1 Å². The number of pyridine rings is 1. The van der Waals surface area contributed by atoms with Crippen LogP contribution in [0.3, 0.4) is 0 Å². The van der Waals surface area contributed by atoms with Crippen molar-refractivity contribution >= 4 is 17.1 Å². The monoisotopic (exact) mass is 464 g/mol. The molecular formula is C24H29FN8O. The lowest BCUT2D eigenvalue weighted by Crippen LogP contribution is -2.50. The zero-order valence-electron chi connectivity index (χ0n) is 20.2. The van der Waals surface area contributed by atoms with Crippen molar-refractivity contribution in [2.24, 2.45) is 0 Å². The van der Waals surface area contributed by atoms with E-state index in [1.165, 1.54) is 10.1 Å². The first-order valence-electron chi connectivity index (χ1n) is 11.5. The van der Waals surface area contributed by atoms with Crippen LogP contribution in [-0.4, -0.2) is 68.8 Å². The number of likely N-dealkylation sites (N-methyl/N-ethyl adjacent to an activating group) is 1. The quantitative estimate of drug-likeness (QED) is 0.591. The van der Waals surface area contributed by atoms with E-state index in [-0.39, 0.29) is 17.5 Å². The summed E-state index contributed by atoms with van der Waals surface area (Å²) in [6, 6.07) is 5.64. The number of carbonyl (C=O) groups excluding carboxylic acids is 1. The minimum absolute atomic E-state index is 0.0729. The molecule has 0 saturated heterocycles. The normalized spacial score (nSPS) is 19.6. The molecule has 5 rings (SSSR count). The molecule has 0 fully saturated rings. The van der Waals surface area contributed by atoms with E-state index in [1.807, 2.05) is 6.07 Å². The van der Waals surface area contributed by atoms with Crippen LogP contribution in [0.4, 0.5) is 10.1 Å². The average Bonchev–Trinajstić information content (AvgIpc) is 3.37. The predicted molar refractivity (Wildman–Crippen MR) is 125 cm³/mol. The molecule has 0 spiro atoms. The second kappa shape index (κ2) is 7.81. The fourth-order valence-electron chi connectivity index (χ4n) is 5.26. The summed E-state index contributed by atoms with van der Waals surface area (Å²) in [4.78, 5) is 18.4. The van der Waals surface area contributed by atoms with Crippen molar-refractivity contribution in [2.75, 3.05) is 38.6 Å². The van der Waals surface area contributed by atoms with Gasteiger partial charge in [0.2, 0.25) is 5.91 Å². The van der Waals surface area contributed by atoms with Crippen molar-refractivity contribution in [3.8, 4) is 6.07 Å². The molecule has 0 unspecified atom stereocenters. The van der Waals surface area contributed by atoms with Crippen LogP contribution in [0.1, 0.15) is 49.5 Å². The molecule has 34 heavy (non-hydrogen) atoms. The average molecular weight is 465 g/mol. The lowest BCUT2D eigenvalue weighted by molar-refractivity contribution is -0.131. The molecule has 5 heterocycles. The molecule has 0 aliphatic carbocycles. The molecule has 178 valence electrons. The van der Waals surface area contributed by atoms with Crippen LogP contribution in [0.25, 0.3) is 5.52 Å². The number of rotatable bonds is 3. The van der Waals surface area contributed by atoms with Crippen LogP contribution in [-0.2, 0) is 23.3 Å². The molecule has 3 aromatic rings. The Morgan fingerprint density at radius 2 is 2.12 bits per heavy atom. The van der Waals surface area contributed by atoms with Crippen molar-refractivity contribution in [1.29, 1.82) is 5.26 Å². The van der Waals surface area contributed by atoms with Gasteiger partial charge in [0, 0.05) is 32.7 Å². The number of amides is 1. The summed E-state index contributed by atoms with van der Waals surface area (Å²) in [6.45, 7) is 8.73. The summed E-state index contributed by atoms with van der Waals surface area (Å²) in [5, 5.41) is 18.5. The highest BCUT2D eigenvalue weighted by molar-refractivity contribution is 5.78. The van der Waals surface area contributed by atoms with Crippen LogP contribution in [0.15, 0.2) is 18.3 Å². The number of fused-ring (bicyclic) bond motifs is 4. The Morgan fingerprint density at radius 3 is 2.82 bits per heavy atom. The predicted octanol–water partition coefficient (Wildman–Crippen LogP) is 2.30. The number of anilines is 1. The number of nitriles is 1. The summed E-state index contributed by atoms with van der Waals surface area (Å²) >= 11 is 0. The Labute approximate surface area is 197 Å². The molecule has 10 heteroatoms. The van der Waals surface area contributed by atoms with Gasteiger partial charge in [-0.25, -0.2) is 8.91 Å². The van der Waals surface area contributed by atoms with Gasteiger partial charge in [-0.15, -0.1) is 0 Å². The standard InChI is InChI=1S/C24H29FN8O/c1-15-12-30(19-7-6-16(10-26)33-22(19)18(25)11-27-33)13-20-17-8-9-31(14-21(34)29(4)5)24(2,3)23(17)28-32(15)20/h6-7,11,15H,8-9,12-14H2,1-5H3/t15-/m1/s1. The molecule has 0 radical (unpaired) electrons. The molecule has 1 amide bonds. The van der Waals surface area contributed by atoms with E-state index in [2.05, 4.69) is 46.4 Å². The minimum atomic E-state index is -0.441. The maximum Gasteiger partial charge on any atom is 0.236 e. The van der Waals surface area contributed by atoms with Gasteiger partial charge < -0.3 is 9.80 Å². The first-order valence-corrected chi connectivity index (χ1v) is 11.5. The van der Waals surface area contributed by atoms with Gasteiger partial charge >= 0.3 is 0 Å². The highest BCUT2D eigenvalue weighted by atomic mass is 19.1. The molecule has 0 saturated carbocycles. The summed E-state index contributed by atoms with van der Waals surface area (Å²) in [5.74, 6) is -0.365. The maximum atomic E-state index is 14.7. The van der Waals surface area contributed by atoms with Crippen LogP contribution >= 0.6 is 0 Å². The van der Waals surface area contributed by atoms with Gasteiger partial charge in [-0.3, -0.25) is 14.4 Å². The molecule has 9 nitrogen and oxygen atoms in total. The first kappa shape index (κ1) is 22.3. The Bertz CT molecular complexity index is 1330. The third-order valence-corrected chi connectivity index (χ3v) is 7.24. The molecule has 3 aromatic heterocycles. The van der Waals surface area contributed by atoms with Crippen molar-refractivity contribution < 1.29 is 9.18 Å². The molecule has 2 aliphatic rings. The van der Waals surface area contributed by atoms with E-state index >= 15 is 0 Å². The number of nitrogens with zero attached hydrogens (tertiary/aromatic N) is 8. The first-order chi connectivity index (χ1) is 16.1. The van der Waals surface area contributed by atoms with Crippen LogP contribution < -0.4 is 4.90 Å². The smallest absolute Gasteiger partial charge is 0.236 e. The van der Waals surface area contributed by atoms with E-state index in [0.29, 0.717) is 30.8 Å². The summed E-state index contributed by atoms with van der Waals surface area (Å²) in [6.07, 6.45) is 1.96. The maximum absolute atomic E-state index is 14.7. The number of hydrogen-bond donors (Lipinski definition) is 0.